The van der Waals surface area contributed by atoms with Gasteiger partial charge in [0.15, 0.2) is 0 Å². The third kappa shape index (κ3) is 3.05. The van der Waals surface area contributed by atoms with E-state index >= 15 is 0 Å². The zero-order valence-electron chi connectivity index (χ0n) is 12.0. The van der Waals surface area contributed by atoms with Gasteiger partial charge >= 0.3 is 0 Å². The summed E-state index contributed by atoms with van der Waals surface area (Å²) >= 11 is 1.77. The maximum atomic E-state index is 12.7. The second kappa shape index (κ2) is 5.91. The van der Waals surface area contributed by atoms with Crippen LogP contribution in [0.4, 0.5) is 0 Å². The number of aryl methyl sites for hydroxylation is 1. The fraction of sp³-hybridized carbons (Fsp3) is 0.375. The molecule has 1 aromatic heterocycles. The van der Waals surface area contributed by atoms with Crippen molar-refractivity contribution in [2.45, 2.75) is 30.6 Å². The Morgan fingerprint density at radius 1 is 1.14 bits per heavy atom. The minimum Gasteiger partial charge on any atom is -0.207 e. The van der Waals surface area contributed by atoms with Crippen molar-refractivity contribution in [2.75, 3.05) is 13.1 Å². The van der Waals surface area contributed by atoms with Gasteiger partial charge in [-0.3, -0.25) is 0 Å². The van der Waals surface area contributed by atoms with Crippen LogP contribution in [0.3, 0.4) is 0 Å². The number of sulfonamides is 1. The molecule has 0 N–H and O–H groups in total. The standard InChI is InChI=1S/C16H19NO2S2/c1-13-4-2-5-15(12-13)21(18,19)17-9-7-14(8-10-17)16-6-3-11-20-16/h2-6,11-12,14H,7-10H2,1H3. The monoisotopic (exact) mass is 321 g/mol. The van der Waals surface area contributed by atoms with E-state index in [4.69, 9.17) is 0 Å². The summed E-state index contributed by atoms with van der Waals surface area (Å²) in [6.45, 7) is 3.14. The predicted molar refractivity (Wildman–Crippen MR) is 86.2 cm³/mol. The normalized spacial score (nSPS) is 18.0. The van der Waals surface area contributed by atoms with Crippen LogP contribution in [0, 0.1) is 6.92 Å². The summed E-state index contributed by atoms with van der Waals surface area (Å²) in [5.41, 5.74) is 0.976. The predicted octanol–water partition coefficient (Wildman–Crippen LogP) is 3.62. The molecular formula is C16H19NO2S2. The van der Waals surface area contributed by atoms with E-state index in [0.29, 0.717) is 23.9 Å². The van der Waals surface area contributed by atoms with Crippen LogP contribution in [-0.2, 0) is 10.0 Å². The van der Waals surface area contributed by atoms with Gasteiger partial charge in [0.1, 0.15) is 0 Å². The first-order valence-corrected chi connectivity index (χ1v) is 9.49. The minimum atomic E-state index is -3.34. The third-order valence-corrected chi connectivity index (χ3v) is 6.96. The molecule has 112 valence electrons. The molecule has 3 nitrogen and oxygen atoms in total. The maximum Gasteiger partial charge on any atom is 0.243 e. The van der Waals surface area contributed by atoms with Gasteiger partial charge in [-0.05, 0) is 54.8 Å². The van der Waals surface area contributed by atoms with Gasteiger partial charge in [0, 0.05) is 18.0 Å². The molecule has 0 atom stereocenters. The first-order valence-electron chi connectivity index (χ1n) is 7.17. The van der Waals surface area contributed by atoms with Gasteiger partial charge < -0.3 is 0 Å². The molecule has 0 spiro atoms. The highest BCUT2D eigenvalue weighted by Gasteiger charge is 2.30. The van der Waals surface area contributed by atoms with Crippen molar-refractivity contribution in [3.05, 3.63) is 52.2 Å². The fourth-order valence-electron chi connectivity index (χ4n) is 2.83. The molecule has 0 saturated carbocycles. The third-order valence-electron chi connectivity index (χ3n) is 4.03. The van der Waals surface area contributed by atoms with E-state index in [9.17, 15) is 8.42 Å². The molecule has 2 heterocycles. The van der Waals surface area contributed by atoms with E-state index in [1.807, 2.05) is 13.0 Å². The van der Waals surface area contributed by atoms with Crippen molar-refractivity contribution >= 4 is 21.4 Å². The number of hydrogen-bond acceptors (Lipinski definition) is 3. The highest BCUT2D eigenvalue weighted by atomic mass is 32.2. The Hall–Kier alpha value is -1.17. The smallest absolute Gasteiger partial charge is 0.207 e. The van der Waals surface area contributed by atoms with Gasteiger partial charge in [0.05, 0.1) is 4.90 Å². The molecule has 1 aliphatic heterocycles. The molecule has 1 fully saturated rings. The zero-order valence-corrected chi connectivity index (χ0v) is 13.7. The van der Waals surface area contributed by atoms with Crippen molar-refractivity contribution in [1.82, 2.24) is 4.31 Å². The molecule has 2 aromatic rings. The average molecular weight is 321 g/mol. The number of hydrogen-bond donors (Lipinski definition) is 0. The Morgan fingerprint density at radius 2 is 1.90 bits per heavy atom. The lowest BCUT2D eigenvalue weighted by molar-refractivity contribution is 0.321. The van der Waals surface area contributed by atoms with Crippen molar-refractivity contribution in [2.24, 2.45) is 0 Å². The van der Waals surface area contributed by atoms with E-state index in [1.54, 1.807) is 33.8 Å². The Kier molecular flexibility index (Phi) is 4.15. The van der Waals surface area contributed by atoms with Gasteiger partial charge in [-0.2, -0.15) is 4.31 Å². The van der Waals surface area contributed by atoms with Crippen LogP contribution < -0.4 is 0 Å². The van der Waals surface area contributed by atoms with Crippen molar-refractivity contribution in [1.29, 1.82) is 0 Å². The lowest BCUT2D eigenvalue weighted by Crippen LogP contribution is -2.37. The molecule has 21 heavy (non-hydrogen) atoms. The molecule has 1 aromatic carbocycles. The summed E-state index contributed by atoms with van der Waals surface area (Å²) in [6, 6.07) is 11.4. The lowest BCUT2D eigenvalue weighted by Gasteiger charge is -2.30. The SMILES string of the molecule is Cc1cccc(S(=O)(=O)N2CCC(c3cccs3)CC2)c1. The molecule has 1 aliphatic rings. The van der Waals surface area contributed by atoms with Gasteiger partial charge in [-0.15, -0.1) is 11.3 Å². The largest absolute Gasteiger partial charge is 0.243 e. The first-order chi connectivity index (χ1) is 10.1. The summed E-state index contributed by atoms with van der Waals surface area (Å²) in [5.74, 6) is 0.508. The van der Waals surface area contributed by atoms with E-state index in [-0.39, 0.29) is 0 Å². The van der Waals surface area contributed by atoms with Crippen LogP contribution in [0.1, 0.15) is 29.2 Å². The van der Waals surface area contributed by atoms with Crippen molar-refractivity contribution in [3.63, 3.8) is 0 Å². The van der Waals surface area contributed by atoms with E-state index in [1.165, 1.54) is 4.88 Å². The summed E-state index contributed by atoms with van der Waals surface area (Å²) in [7, 11) is -3.34. The molecule has 0 aliphatic carbocycles. The van der Waals surface area contributed by atoms with E-state index < -0.39 is 10.0 Å². The van der Waals surface area contributed by atoms with Crippen molar-refractivity contribution in [3.8, 4) is 0 Å². The van der Waals surface area contributed by atoms with Crippen molar-refractivity contribution < 1.29 is 8.42 Å². The van der Waals surface area contributed by atoms with Gasteiger partial charge in [-0.1, -0.05) is 18.2 Å². The Balaban J connectivity index is 1.74. The summed E-state index contributed by atoms with van der Waals surface area (Å²) in [6.07, 6.45) is 1.82. The lowest BCUT2D eigenvalue weighted by atomic mass is 9.97. The zero-order chi connectivity index (χ0) is 14.9. The highest BCUT2D eigenvalue weighted by Crippen LogP contribution is 2.33. The number of thiophene rings is 1. The van der Waals surface area contributed by atoms with Crippen LogP contribution in [0.25, 0.3) is 0 Å². The molecular weight excluding hydrogens is 302 g/mol. The second-order valence-corrected chi connectivity index (χ2v) is 8.43. The molecule has 3 rings (SSSR count). The second-order valence-electron chi connectivity index (χ2n) is 5.51. The molecule has 5 heteroatoms. The number of piperidine rings is 1. The minimum absolute atomic E-state index is 0.414. The van der Waals surface area contributed by atoms with Crippen LogP contribution in [-0.4, -0.2) is 25.8 Å². The summed E-state index contributed by atoms with van der Waals surface area (Å²) in [4.78, 5) is 1.79. The van der Waals surface area contributed by atoms with Crippen LogP contribution >= 0.6 is 11.3 Å². The number of rotatable bonds is 3. The molecule has 1 saturated heterocycles. The topological polar surface area (TPSA) is 37.4 Å². The molecule has 0 unspecified atom stereocenters. The van der Waals surface area contributed by atoms with Crippen LogP contribution in [0.5, 0.6) is 0 Å². The Labute approximate surface area is 130 Å². The van der Waals surface area contributed by atoms with Gasteiger partial charge in [0.25, 0.3) is 0 Å². The molecule has 0 radical (unpaired) electrons. The van der Waals surface area contributed by atoms with Gasteiger partial charge in [0.2, 0.25) is 10.0 Å². The van der Waals surface area contributed by atoms with E-state index in [0.717, 1.165) is 18.4 Å². The number of benzene rings is 1. The molecule has 0 amide bonds. The van der Waals surface area contributed by atoms with E-state index in [2.05, 4.69) is 17.5 Å². The van der Waals surface area contributed by atoms with Crippen LogP contribution in [0.2, 0.25) is 0 Å². The maximum absolute atomic E-state index is 12.7. The summed E-state index contributed by atoms with van der Waals surface area (Å²) in [5, 5.41) is 2.09. The number of nitrogens with zero attached hydrogens (tertiary/aromatic N) is 1. The summed E-state index contributed by atoms with van der Waals surface area (Å²) < 4.78 is 27.0. The van der Waals surface area contributed by atoms with Gasteiger partial charge in [-0.25, -0.2) is 8.42 Å². The van der Waals surface area contributed by atoms with Crippen LogP contribution in [0.15, 0.2) is 46.7 Å². The quantitative estimate of drug-likeness (QED) is 0.866. The fourth-order valence-corrected chi connectivity index (χ4v) is 5.30. The molecule has 0 bridgehead atoms. The first kappa shape index (κ1) is 14.8. The average Bonchev–Trinajstić information content (AvgIpc) is 3.02. The Bertz CT molecular complexity index is 700. The Morgan fingerprint density at radius 3 is 2.52 bits per heavy atom. The highest BCUT2D eigenvalue weighted by molar-refractivity contribution is 7.89.